The Morgan fingerprint density at radius 1 is 1.20 bits per heavy atom. The molecule has 2 heteroatoms. The lowest BCUT2D eigenvalue weighted by molar-refractivity contribution is 0.305. The second kappa shape index (κ2) is 7.16. The highest BCUT2D eigenvalue weighted by molar-refractivity contribution is 5.47. The van der Waals surface area contributed by atoms with E-state index in [0.29, 0.717) is 0 Å². The number of nitrogens with one attached hydrogen (secondary N) is 1. The number of rotatable bonds is 7. The first-order valence-electron chi connectivity index (χ1n) is 5.77. The monoisotopic (exact) mass is 207 g/mol. The maximum absolute atomic E-state index is 5.66. The number of hydrogen-bond acceptors (Lipinski definition) is 2. The van der Waals surface area contributed by atoms with Gasteiger partial charge in [-0.15, -0.1) is 0 Å². The topological polar surface area (TPSA) is 21.3 Å². The first-order valence-corrected chi connectivity index (χ1v) is 5.77. The molecule has 0 aromatic heterocycles. The van der Waals surface area contributed by atoms with Crippen molar-refractivity contribution in [3.63, 3.8) is 0 Å². The second-order valence-corrected chi connectivity index (χ2v) is 3.69. The summed E-state index contributed by atoms with van der Waals surface area (Å²) >= 11 is 0. The zero-order valence-corrected chi connectivity index (χ0v) is 9.75. The molecule has 0 unspecified atom stereocenters. The summed E-state index contributed by atoms with van der Waals surface area (Å²) in [5.41, 5.74) is 1.10. The Hall–Kier alpha value is -1.18. The molecule has 0 bridgehead atoms. The zero-order valence-electron chi connectivity index (χ0n) is 9.75. The third-order valence-electron chi connectivity index (χ3n) is 2.39. The Balaban J connectivity index is 2.24. The van der Waals surface area contributed by atoms with E-state index in [1.165, 1.54) is 19.3 Å². The minimum Gasteiger partial charge on any atom is -0.494 e. The van der Waals surface area contributed by atoms with Gasteiger partial charge in [-0.25, -0.2) is 0 Å². The van der Waals surface area contributed by atoms with E-state index in [4.69, 9.17) is 4.74 Å². The summed E-state index contributed by atoms with van der Waals surface area (Å²) < 4.78 is 5.66. The Morgan fingerprint density at radius 2 is 2.07 bits per heavy atom. The summed E-state index contributed by atoms with van der Waals surface area (Å²) in [5, 5.41) is 3.10. The fraction of sp³-hybridized carbons (Fsp3) is 0.538. The lowest BCUT2D eigenvalue weighted by Crippen LogP contribution is -1.97. The van der Waals surface area contributed by atoms with Crippen LogP contribution in [0.1, 0.15) is 32.6 Å². The molecule has 1 N–H and O–H groups in total. The van der Waals surface area contributed by atoms with Crippen LogP contribution < -0.4 is 10.1 Å². The molecule has 0 saturated carbocycles. The number of unbranched alkanes of at least 4 members (excludes halogenated alkanes) is 3. The number of hydrogen-bond donors (Lipinski definition) is 1. The molecule has 0 spiro atoms. The van der Waals surface area contributed by atoms with Crippen LogP contribution in [-0.4, -0.2) is 13.7 Å². The molecule has 0 saturated heterocycles. The lowest BCUT2D eigenvalue weighted by Gasteiger charge is -2.07. The van der Waals surface area contributed by atoms with Crippen LogP contribution in [-0.2, 0) is 0 Å². The van der Waals surface area contributed by atoms with E-state index in [0.717, 1.165) is 24.5 Å². The first kappa shape index (κ1) is 11.9. The molecule has 84 valence electrons. The molecule has 1 aromatic rings. The smallest absolute Gasteiger partial charge is 0.121 e. The van der Waals surface area contributed by atoms with Gasteiger partial charge in [0.15, 0.2) is 0 Å². The average Bonchev–Trinajstić information content (AvgIpc) is 2.29. The molecule has 0 radical (unpaired) electrons. The molecule has 2 nitrogen and oxygen atoms in total. The van der Waals surface area contributed by atoms with Gasteiger partial charge in [-0.05, 0) is 18.6 Å². The van der Waals surface area contributed by atoms with Crippen molar-refractivity contribution in [2.75, 3.05) is 19.0 Å². The van der Waals surface area contributed by atoms with Crippen LogP contribution in [0.5, 0.6) is 5.75 Å². The van der Waals surface area contributed by atoms with E-state index in [-0.39, 0.29) is 0 Å². The Labute approximate surface area is 92.6 Å². The van der Waals surface area contributed by atoms with Crippen molar-refractivity contribution in [2.45, 2.75) is 32.6 Å². The molecule has 1 aromatic carbocycles. The molecule has 0 amide bonds. The van der Waals surface area contributed by atoms with Gasteiger partial charge in [0.25, 0.3) is 0 Å². The van der Waals surface area contributed by atoms with E-state index < -0.39 is 0 Å². The number of anilines is 1. The summed E-state index contributed by atoms with van der Waals surface area (Å²) in [6.45, 7) is 3.05. The van der Waals surface area contributed by atoms with Crippen molar-refractivity contribution >= 4 is 5.69 Å². The molecular weight excluding hydrogens is 186 g/mol. The summed E-state index contributed by atoms with van der Waals surface area (Å²) in [4.78, 5) is 0. The standard InChI is InChI=1S/C13H21NO/c1-3-4-5-6-10-15-13-9-7-8-12(11-13)14-2/h7-9,11,14H,3-6,10H2,1-2H3. The number of ether oxygens (including phenoxy) is 1. The fourth-order valence-corrected chi connectivity index (χ4v) is 1.46. The van der Waals surface area contributed by atoms with Crippen LogP contribution in [0.3, 0.4) is 0 Å². The van der Waals surface area contributed by atoms with E-state index in [1.54, 1.807) is 0 Å². The summed E-state index contributed by atoms with van der Waals surface area (Å²) in [5.74, 6) is 0.957. The Morgan fingerprint density at radius 3 is 2.80 bits per heavy atom. The van der Waals surface area contributed by atoms with Crippen LogP contribution in [0.25, 0.3) is 0 Å². The third-order valence-corrected chi connectivity index (χ3v) is 2.39. The van der Waals surface area contributed by atoms with Crippen LogP contribution in [0, 0.1) is 0 Å². The summed E-state index contributed by atoms with van der Waals surface area (Å²) in [7, 11) is 1.92. The molecular formula is C13H21NO. The van der Waals surface area contributed by atoms with Crippen LogP contribution in [0.15, 0.2) is 24.3 Å². The minimum atomic E-state index is 0.827. The maximum Gasteiger partial charge on any atom is 0.121 e. The molecule has 0 aliphatic rings. The van der Waals surface area contributed by atoms with Gasteiger partial charge in [0.05, 0.1) is 6.61 Å². The lowest BCUT2D eigenvalue weighted by atomic mass is 10.2. The highest BCUT2D eigenvalue weighted by Gasteiger charge is 1.95. The maximum atomic E-state index is 5.66. The van der Waals surface area contributed by atoms with E-state index in [9.17, 15) is 0 Å². The van der Waals surface area contributed by atoms with Crippen molar-refractivity contribution in [3.8, 4) is 5.75 Å². The molecule has 0 aliphatic carbocycles. The highest BCUT2D eigenvalue weighted by atomic mass is 16.5. The highest BCUT2D eigenvalue weighted by Crippen LogP contribution is 2.17. The summed E-state index contributed by atoms with van der Waals surface area (Å²) in [6, 6.07) is 8.07. The van der Waals surface area contributed by atoms with Crippen LogP contribution in [0.2, 0.25) is 0 Å². The molecule has 0 aliphatic heterocycles. The van der Waals surface area contributed by atoms with Crippen LogP contribution in [0.4, 0.5) is 5.69 Å². The normalized spacial score (nSPS) is 10.0. The van der Waals surface area contributed by atoms with Crippen molar-refractivity contribution < 1.29 is 4.74 Å². The minimum absolute atomic E-state index is 0.827. The quantitative estimate of drug-likeness (QED) is 0.688. The zero-order chi connectivity index (χ0) is 10.9. The van der Waals surface area contributed by atoms with Gasteiger partial charge in [0.1, 0.15) is 5.75 Å². The first-order chi connectivity index (χ1) is 7.36. The van der Waals surface area contributed by atoms with Gasteiger partial charge in [-0.1, -0.05) is 32.3 Å². The van der Waals surface area contributed by atoms with Crippen molar-refractivity contribution in [1.82, 2.24) is 0 Å². The van der Waals surface area contributed by atoms with E-state index >= 15 is 0 Å². The van der Waals surface area contributed by atoms with Gasteiger partial charge in [-0.3, -0.25) is 0 Å². The van der Waals surface area contributed by atoms with Crippen LogP contribution >= 0.6 is 0 Å². The molecule has 15 heavy (non-hydrogen) atoms. The van der Waals surface area contributed by atoms with Crippen molar-refractivity contribution in [3.05, 3.63) is 24.3 Å². The third kappa shape index (κ3) is 4.73. The molecule has 0 heterocycles. The predicted octanol–water partition coefficient (Wildman–Crippen LogP) is 3.69. The van der Waals surface area contributed by atoms with Crippen molar-refractivity contribution in [1.29, 1.82) is 0 Å². The number of benzene rings is 1. The van der Waals surface area contributed by atoms with Gasteiger partial charge in [0.2, 0.25) is 0 Å². The molecule has 1 rings (SSSR count). The Kier molecular flexibility index (Phi) is 5.67. The SMILES string of the molecule is CCCCCCOc1cccc(NC)c1. The van der Waals surface area contributed by atoms with E-state index in [1.807, 2.05) is 31.3 Å². The van der Waals surface area contributed by atoms with Gasteiger partial charge >= 0.3 is 0 Å². The second-order valence-electron chi connectivity index (χ2n) is 3.69. The molecule has 0 fully saturated rings. The molecule has 0 atom stereocenters. The summed E-state index contributed by atoms with van der Waals surface area (Å²) in [6.07, 6.45) is 5.00. The largest absolute Gasteiger partial charge is 0.494 e. The fourth-order valence-electron chi connectivity index (χ4n) is 1.46. The Bertz CT molecular complexity index is 273. The van der Waals surface area contributed by atoms with Gasteiger partial charge < -0.3 is 10.1 Å². The average molecular weight is 207 g/mol. The van der Waals surface area contributed by atoms with Crippen molar-refractivity contribution in [2.24, 2.45) is 0 Å². The van der Waals surface area contributed by atoms with Gasteiger partial charge in [0, 0.05) is 18.8 Å². The van der Waals surface area contributed by atoms with E-state index in [2.05, 4.69) is 12.2 Å². The van der Waals surface area contributed by atoms with Gasteiger partial charge in [-0.2, -0.15) is 0 Å². The predicted molar refractivity (Wildman–Crippen MR) is 65.6 cm³/mol.